The van der Waals surface area contributed by atoms with Crippen molar-refractivity contribution >= 4 is 21.6 Å². The molecule has 134 valence electrons. The van der Waals surface area contributed by atoms with Crippen molar-refractivity contribution in [3.05, 3.63) is 64.2 Å². The molecule has 0 amide bonds. The Balaban J connectivity index is 1.68. The summed E-state index contributed by atoms with van der Waals surface area (Å²) in [7, 11) is -3.54. The molecule has 0 atom stereocenters. The lowest BCUT2D eigenvalue weighted by Gasteiger charge is -2.34. The van der Waals surface area contributed by atoms with Crippen molar-refractivity contribution in [2.45, 2.75) is 25.3 Å². The Bertz CT molecular complexity index is 859. The van der Waals surface area contributed by atoms with E-state index in [4.69, 9.17) is 11.6 Å². The van der Waals surface area contributed by atoms with Crippen molar-refractivity contribution in [2.24, 2.45) is 0 Å². The average molecular weight is 379 g/mol. The van der Waals surface area contributed by atoms with Gasteiger partial charge in [0.25, 0.3) is 0 Å². The van der Waals surface area contributed by atoms with Crippen LogP contribution < -0.4 is 0 Å². The van der Waals surface area contributed by atoms with Gasteiger partial charge >= 0.3 is 0 Å². The minimum atomic E-state index is -3.54. The highest BCUT2D eigenvalue weighted by atomic mass is 35.5. The molecule has 1 aliphatic heterocycles. The van der Waals surface area contributed by atoms with Gasteiger partial charge in [0.1, 0.15) is 4.90 Å². The molecule has 0 aliphatic carbocycles. The number of benzene rings is 2. The van der Waals surface area contributed by atoms with Crippen LogP contribution in [0.3, 0.4) is 0 Å². The number of aryl methyl sites for hydroxylation is 2. The van der Waals surface area contributed by atoms with Crippen LogP contribution in [0, 0.1) is 13.8 Å². The Hall–Kier alpha value is -1.40. The summed E-state index contributed by atoms with van der Waals surface area (Å²) in [5.41, 5.74) is 3.51. The second-order valence-corrected chi connectivity index (χ2v) is 8.85. The highest BCUT2D eigenvalue weighted by Gasteiger charge is 2.30. The van der Waals surface area contributed by atoms with Crippen LogP contribution in [0.5, 0.6) is 0 Å². The van der Waals surface area contributed by atoms with Crippen molar-refractivity contribution in [1.29, 1.82) is 0 Å². The van der Waals surface area contributed by atoms with Crippen molar-refractivity contribution in [3.63, 3.8) is 0 Å². The Labute approximate surface area is 155 Å². The predicted octanol–water partition coefficient (Wildman–Crippen LogP) is 3.46. The Morgan fingerprint density at radius 1 is 1.00 bits per heavy atom. The lowest BCUT2D eigenvalue weighted by atomic mass is 10.1. The first-order valence-corrected chi connectivity index (χ1v) is 10.2. The van der Waals surface area contributed by atoms with Gasteiger partial charge in [0.2, 0.25) is 10.0 Å². The Kier molecular flexibility index (Phi) is 5.49. The zero-order chi connectivity index (χ0) is 18.0. The number of nitrogens with zero attached hydrogens (tertiary/aromatic N) is 2. The first-order valence-electron chi connectivity index (χ1n) is 8.41. The van der Waals surface area contributed by atoms with Gasteiger partial charge in [0, 0.05) is 32.7 Å². The summed E-state index contributed by atoms with van der Waals surface area (Å²) in [6.45, 7) is 7.26. The van der Waals surface area contributed by atoms with Gasteiger partial charge in [-0.15, -0.1) is 0 Å². The van der Waals surface area contributed by atoms with E-state index in [1.54, 1.807) is 18.2 Å². The Morgan fingerprint density at radius 3 is 2.32 bits per heavy atom. The highest BCUT2D eigenvalue weighted by Crippen LogP contribution is 2.26. The van der Waals surface area contributed by atoms with Crippen LogP contribution in [0.15, 0.2) is 47.4 Å². The summed E-state index contributed by atoms with van der Waals surface area (Å²) in [6.07, 6.45) is 0. The largest absolute Gasteiger partial charge is 0.296 e. The summed E-state index contributed by atoms with van der Waals surface area (Å²) < 4.78 is 27.3. The molecule has 1 aliphatic rings. The molecule has 0 unspecified atom stereocenters. The third kappa shape index (κ3) is 4.06. The van der Waals surface area contributed by atoms with Crippen LogP contribution in [0.1, 0.15) is 16.7 Å². The molecule has 0 bridgehead atoms. The molecule has 1 fully saturated rings. The highest BCUT2D eigenvalue weighted by molar-refractivity contribution is 7.89. The smallest absolute Gasteiger partial charge is 0.244 e. The predicted molar refractivity (Wildman–Crippen MR) is 101 cm³/mol. The summed E-state index contributed by atoms with van der Waals surface area (Å²) in [4.78, 5) is 2.50. The van der Waals surface area contributed by atoms with E-state index in [0.717, 1.165) is 25.2 Å². The minimum absolute atomic E-state index is 0.201. The molecule has 3 rings (SSSR count). The van der Waals surface area contributed by atoms with Crippen molar-refractivity contribution < 1.29 is 8.42 Å². The van der Waals surface area contributed by atoms with Gasteiger partial charge in [0.15, 0.2) is 0 Å². The van der Waals surface area contributed by atoms with Gasteiger partial charge in [0.05, 0.1) is 5.02 Å². The number of hydrogen-bond donors (Lipinski definition) is 0. The van der Waals surface area contributed by atoms with E-state index in [2.05, 4.69) is 24.0 Å². The van der Waals surface area contributed by atoms with Crippen LogP contribution in [-0.4, -0.2) is 43.8 Å². The van der Waals surface area contributed by atoms with Gasteiger partial charge in [-0.25, -0.2) is 8.42 Å². The minimum Gasteiger partial charge on any atom is -0.296 e. The number of rotatable bonds is 4. The second-order valence-electron chi connectivity index (χ2n) is 6.54. The van der Waals surface area contributed by atoms with Crippen LogP contribution in [0.25, 0.3) is 0 Å². The molecule has 2 aromatic rings. The van der Waals surface area contributed by atoms with Crippen molar-refractivity contribution in [3.8, 4) is 0 Å². The monoisotopic (exact) mass is 378 g/mol. The fourth-order valence-electron chi connectivity index (χ4n) is 3.11. The molecule has 25 heavy (non-hydrogen) atoms. The number of piperazine rings is 1. The molecule has 0 aromatic heterocycles. The van der Waals surface area contributed by atoms with Crippen LogP contribution >= 0.6 is 11.6 Å². The number of sulfonamides is 1. The maximum atomic E-state index is 12.9. The summed E-state index contributed by atoms with van der Waals surface area (Å²) in [5.74, 6) is 0. The number of hydrogen-bond acceptors (Lipinski definition) is 3. The first-order chi connectivity index (χ1) is 11.9. The first kappa shape index (κ1) is 18.4. The fraction of sp³-hybridized carbons (Fsp3) is 0.368. The Morgan fingerprint density at radius 2 is 1.68 bits per heavy atom. The molecule has 6 heteroatoms. The zero-order valence-electron chi connectivity index (χ0n) is 14.6. The maximum absolute atomic E-state index is 12.9. The van der Waals surface area contributed by atoms with Gasteiger partial charge in [-0.2, -0.15) is 4.31 Å². The molecule has 0 radical (unpaired) electrons. The van der Waals surface area contributed by atoms with E-state index >= 15 is 0 Å². The number of halogens is 1. The molecular weight excluding hydrogens is 356 g/mol. The molecule has 1 saturated heterocycles. The quantitative estimate of drug-likeness (QED) is 0.818. The summed E-state index contributed by atoms with van der Waals surface area (Å²) >= 11 is 6.17. The van der Waals surface area contributed by atoms with Gasteiger partial charge in [-0.3, -0.25) is 4.90 Å². The summed E-state index contributed by atoms with van der Waals surface area (Å²) in [6, 6.07) is 13.4. The maximum Gasteiger partial charge on any atom is 0.244 e. The molecule has 4 nitrogen and oxygen atoms in total. The normalized spacial score (nSPS) is 16.9. The van der Waals surface area contributed by atoms with E-state index in [9.17, 15) is 8.42 Å². The van der Waals surface area contributed by atoms with E-state index in [0.29, 0.717) is 18.1 Å². The van der Waals surface area contributed by atoms with Gasteiger partial charge < -0.3 is 0 Å². The topological polar surface area (TPSA) is 40.6 Å². The lowest BCUT2D eigenvalue weighted by molar-refractivity contribution is 0.181. The van der Waals surface area contributed by atoms with Crippen molar-refractivity contribution in [1.82, 2.24) is 9.21 Å². The van der Waals surface area contributed by atoms with Crippen LogP contribution in [-0.2, 0) is 16.6 Å². The van der Waals surface area contributed by atoms with Gasteiger partial charge in [-0.05, 0) is 42.7 Å². The molecule has 0 N–H and O–H groups in total. The third-order valence-electron chi connectivity index (χ3n) is 4.69. The van der Waals surface area contributed by atoms with Gasteiger partial charge in [-0.1, -0.05) is 41.9 Å². The van der Waals surface area contributed by atoms with E-state index in [1.165, 1.54) is 15.4 Å². The molecule has 0 saturated carbocycles. The fourth-order valence-corrected chi connectivity index (χ4v) is 5.11. The van der Waals surface area contributed by atoms with Crippen molar-refractivity contribution in [2.75, 3.05) is 26.2 Å². The SMILES string of the molecule is Cc1ccc(S(=O)(=O)N2CCN(Cc3ccccc3C)CC2)c(Cl)c1. The average Bonchev–Trinajstić information content (AvgIpc) is 2.57. The van der Waals surface area contributed by atoms with E-state index in [1.807, 2.05) is 19.1 Å². The molecule has 0 spiro atoms. The van der Waals surface area contributed by atoms with Crippen LogP contribution in [0.4, 0.5) is 0 Å². The second kappa shape index (κ2) is 7.46. The molecule has 1 heterocycles. The molecule has 2 aromatic carbocycles. The molecular formula is C19H23ClN2O2S. The van der Waals surface area contributed by atoms with Crippen LogP contribution in [0.2, 0.25) is 5.02 Å². The van der Waals surface area contributed by atoms with E-state index in [-0.39, 0.29) is 4.90 Å². The lowest BCUT2D eigenvalue weighted by Crippen LogP contribution is -2.48. The van der Waals surface area contributed by atoms with E-state index < -0.39 is 10.0 Å². The zero-order valence-corrected chi connectivity index (χ0v) is 16.1. The standard InChI is InChI=1S/C19H23ClN2O2S/c1-15-7-8-19(18(20)13-15)25(23,24)22-11-9-21(10-12-22)14-17-6-4-3-5-16(17)2/h3-8,13H,9-12,14H2,1-2H3. The summed E-state index contributed by atoms with van der Waals surface area (Å²) in [5, 5.41) is 0.294. The third-order valence-corrected chi connectivity index (χ3v) is 7.07.